The Labute approximate surface area is 196 Å². The minimum atomic E-state index is -0.135. The number of carbonyl (C=O) groups excluding carboxylic acids is 1. The molecule has 0 saturated carbocycles. The fraction of sp³-hybridized carbons (Fsp3) is 0.250. The van der Waals surface area contributed by atoms with Crippen LogP contribution in [0.1, 0.15) is 12.0 Å². The Morgan fingerprint density at radius 3 is 2.72 bits per heavy atom. The van der Waals surface area contributed by atoms with Gasteiger partial charge in [0.1, 0.15) is 0 Å². The third kappa shape index (κ3) is 3.96. The molecule has 0 radical (unpaired) electrons. The highest BCUT2D eigenvalue weighted by atomic mass is 35.5. The van der Waals surface area contributed by atoms with Gasteiger partial charge in [0.05, 0.1) is 27.3 Å². The number of amides is 2. The van der Waals surface area contributed by atoms with E-state index in [0.717, 1.165) is 40.9 Å². The summed E-state index contributed by atoms with van der Waals surface area (Å²) in [5.74, 6) is 0.911. The number of hydrogen-bond donors (Lipinski definition) is 1. The van der Waals surface area contributed by atoms with Gasteiger partial charge in [-0.15, -0.1) is 0 Å². The number of benzene rings is 2. The highest BCUT2D eigenvalue weighted by Crippen LogP contribution is 2.28. The van der Waals surface area contributed by atoms with Crippen molar-refractivity contribution in [3.63, 3.8) is 0 Å². The van der Waals surface area contributed by atoms with E-state index < -0.39 is 0 Å². The summed E-state index contributed by atoms with van der Waals surface area (Å²) in [5, 5.41) is 4.16. The molecule has 1 N–H and O–H groups in total. The molecule has 2 aromatic carbocycles. The highest BCUT2D eigenvalue weighted by Gasteiger charge is 2.22. The number of nitrogens with zero attached hydrogens (tertiary/aromatic N) is 4. The standard InChI is InChI=1S/C24H23Cl2N5O/c1-16-5-7-19(18(26)14-16)28-24(32)30-10-3-9-29(12-13-30)23-22-4-2-11-31(22)21-8-6-17(25)15-20(21)27-23/h2,4-8,11,14-15H,3,9-10,12-13H2,1H3,(H,28,32). The number of fused-ring (bicyclic) bond motifs is 3. The topological polar surface area (TPSA) is 52.9 Å². The molecule has 32 heavy (non-hydrogen) atoms. The average Bonchev–Trinajstić information content (AvgIpc) is 3.12. The third-order valence-corrected chi connectivity index (χ3v) is 6.40. The van der Waals surface area contributed by atoms with Crippen LogP contribution in [0.4, 0.5) is 16.3 Å². The smallest absolute Gasteiger partial charge is 0.321 e. The average molecular weight is 468 g/mol. The summed E-state index contributed by atoms with van der Waals surface area (Å²) in [6.07, 6.45) is 2.89. The van der Waals surface area contributed by atoms with Gasteiger partial charge in [0.15, 0.2) is 5.82 Å². The Hall–Kier alpha value is -2.96. The molecule has 6 nitrogen and oxygen atoms in total. The van der Waals surface area contributed by atoms with Gasteiger partial charge in [-0.1, -0.05) is 29.3 Å². The quantitative estimate of drug-likeness (QED) is 0.402. The normalized spacial score (nSPS) is 14.7. The molecule has 5 rings (SSSR count). The van der Waals surface area contributed by atoms with Crippen LogP contribution >= 0.6 is 23.2 Å². The monoisotopic (exact) mass is 467 g/mol. The molecule has 4 aromatic rings. The van der Waals surface area contributed by atoms with E-state index in [1.165, 1.54) is 0 Å². The van der Waals surface area contributed by atoms with Gasteiger partial charge in [-0.2, -0.15) is 0 Å². The Morgan fingerprint density at radius 2 is 1.88 bits per heavy atom. The summed E-state index contributed by atoms with van der Waals surface area (Å²) in [7, 11) is 0. The van der Waals surface area contributed by atoms with Gasteiger partial charge in [-0.25, -0.2) is 9.78 Å². The summed E-state index contributed by atoms with van der Waals surface area (Å²) in [5.41, 5.74) is 4.60. The molecule has 3 heterocycles. The molecule has 0 spiro atoms. The number of halogens is 2. The Kier molecular flexibility index (Phi) is 5.57. The number of aryl methyl sites for hydroxylation is 1. The van der Waals surface area contributed by atoms with E-state index in [4.69, 9.17) is 28.2 Å². The number of rotatable bonds is 2. The van der Waals surface area contributed by atoms with Gasteiger partial charge in [0, 0.05) is 37.4 Å². The highest BCUT2D eigenvalue weighted by molar-refractivity contribution is 6.33. The van der Waals surface area contributed by atoms with Crippen molar-refractivity contribution in [2.75, 3.05) is 36.4 Å². The molecule has 0 unspecified atom stereocenters. The molecule has 0 aliphatic carbocycles. The largest absolute Gasteiger partial charge is 0.353 e. The Bertz CT molecular complexity index is 1320. The summed E-state index contributed by atoms with van der Waals surface area (Å²) < 4.78 is 2.14. The maximum atomic E-state index is 12.9. The molecule has 0 bridgehead atoms. The van der Waals surface area contributed by atoms with Gasteiger partial charge >= 0.3 is 6.03 Å². The predicted molar refractivity (Wildman–Crippen MR) is 131 cm³/mol. The third-order valence-electron chi connectivity index (χ3n) is 5.85. The zero-order chi connectivity index (χ0) is 22.2. The maximum Gasteiger partial charge on any atom is 0.321 e. The Morgan fingerprint density at radius 1 is 1.00 bits per heavy atom. The molecule has 0 atom stereocenters. The minimum absolute atomic E-state index is 0.135. The number of anilines is 2. The lowest BCUT2D eigenvalue weighted by atomic mass is 10.2. The van der Waals surface area contributed by atoms with E-state index in [1.54, 1.807) is 0 Å². The summed E-state index contributed by atoms with van der Waals surface area (Å²) >= 11 is 12.5. The van der Waals surface area contributed by atoms with Crippen LogP contribution in [0, 0.1) is 6.92 Å². The van der Waals surface area contributed by atoms with Gasteiger partial charge in [-0.05, 0) is 61.4 Å². The van der Waals surface area contributed by atoms with Crippen LogP contribution in [0.3, 0.4) is 0 Å². The van der Waals surface area contributed by atoms with Crippen LogP contribution in [-0.4, -0.2) is 46.5 Å². The number of carbonyl (C=O) groups is 1. The second kappa shape index (κ2) is 8.52. The first kappa shape index (κ1) is 20.9. The molecule has 1 aliphatic rings. The van der Waals surface area contributed by atoms with E-state index in [-0.39, 0.29) is 6.03 Å². The lowest BCUT2D eigenvalue weighted by Gasteiger charge is -2.24. The first-order valence-corrected chi connectivity index (χ1v) is 11.4. The van der Waals surface area contributed by atoms with Crippen LogP contribution in [-0.2, 0) is 0 Å². The lowest BCUT2D eigenvalue weighted by molar-refractivity contribution is 0.215. The zero-order valence-corrected chi connectivity index (χ0v) is 19.2. The van der Waals surface area contributed by atoms with Crippen LogP contribution in [0.2, 0.25) is 10.0 Å². The second-order valence-corrected chi connectivity index (χ2v) is 8.92. The van der Waals surface area contributed by atoms with Crippen LogP contribution in [0.25, 0.3) is 16.6 Å². The number of hydrogen-bond acceptors (Lipinski definition) is 3. The van der Waals surface area contributed by atoms with Crippen LogP contribution in [0.15, 0.2) is 54.7 Å². The van der Waals surface area contributed by atoms with Crippen molar-refractivity contribution in [2.45, 2.75) is 13.3 Å². The van der Waals surface area contributed by atoms with Gasteiger partial charge in [0.2, 0.25) is 0 Å². The molecule has 2 aromatic heterocycles. The molecular weight excluding hydrogens is 445 g/mol. The molecule has 164 valence electrons. The van der Waals surface area contributed by atoms with Crippen LogP contribution < -0.4 is 10.2 Å². The minimum Gasteiger partial charge on any atom is -0.353 e. The second-order valence-electron chi connectivity index (χ2n) is 8.07. The van der Waals surface area contributed by atoms with E-state index in [9.17, 15) is 4.79 Å². The van der Waals surface area contributed by atoms with Crippen molar-refractivity contribution in [1.82, 2.24) is 14.3 Å². The molecule has 1 fully saturated rings. The van der Waals surface area contributed by atoms with Gasteiger partial charge in [0.25, 0.3) is 0 Å². The van der Waals surface area contributed by atoms with Crippen molar-refractivity contribution in [1.29, 1.82) is 0 Å². The zero-order valence-electron chi connectivity index (χ0n) is 17.7. The van der Waals surface area contributed by atoms with E-state index in [0.29, 0.717) is 35.4 Å². The maximum absolute atomic E-state index is 12.9. The number of aromatic nitrogens is 2. The summed E-state index contributed by atoms with van der Waals surface area (Å²) in [6, 6.07) is 15.4. The molecule has 2 amide bonds. The van der Waals surface area contributed by atoms with Crippen molar-refractivity contribution < 1.29 is 4.79 Å². The SMILES string of the molecule is Cc1ccc(NC(=O)N2CCCN(c3nc4cc(Cl)ccc4n4cccc34)CC2)c(Cl)c1. The molecular formula is C24H23Cl2N5O. The van der Waals surface area contributed by atoms with Gasteiger partial charge < -0.3 is 19.5 Å². The van der Waals surface area contributed by atoms with Crippen molar-refractivity contribution in [2.24, 2.45) is 0 Å². The predicted octanol–water partition coefficient (Wildman–Crippen LogP) is 5.85. The molecule has 1 saturated heterocycles. The lowest BCUT2D eigenvalue weighted by Crippen LogP contribution is -2.38. The molecule has 8 heteroatoms. The van der Waals surface area contributed by atoms with E-state index >= 15 is 0 Å². The first-order chi connectivity index (χ1) is 15.5. The van der Waals surface area contributed by atoms with Crippen LogP contribution in [0.5, 0.6) is 0 Å². The van der Waals surface area contributed by atoms with E-state index in [1.807, 2.05) is 60.5 Å². The first-order valence-electron chi connectivity index (χ1n) is 10.6. The fourth-order valence-corrected chi connectivity index (χ4v) is 4.66. The Balaban J connectivity index is 1.37. The van der Waals surface area contributed by atoms with Crippen molar-refractivity contribution >= 4 is 57.3 Å². The fourth-order valence-electron chi connectivity index (χ4n) is 4.22. The van der Waals surface area contributed by atoms with Gasteiger partial charge in [-0.3, -0.25) is 0 Å². The number of nitrogens with one attached hydrogen (secondary N) is 1. The summed E-state index contributed by atoms with van der Waals surface area (Å²) in [6.45, 7) is 4.74. The summed E-state index contributed by atoms with van der Waals surface area (Å²) in [4.78, 5) is 21.9. The van der Waals surface area contributed by atoms with Crippen molar-refractivity contribution in [3.05, 3.63) is 70.3 Å². The molecule has 1 aliphatic heterocycles. The number of urea groups is 1. The van der Waals surface area contributed by atoms with E-state index in [2.05, 4.69) is 20.7 Å². The van der Waals surface area contributed by atoms with Crippen molar-refractivity contribution in [3.8, 4) is 0 Å².